The van der Waals surface area contributed by atoms with Crippen molar-refractivity contribution < 1.29 is 13.2 Å². The molecule has 0 saturated heterocycles. The van der Waals surface area contributed by atoms with Crippen molar-refractivity contribution in [3.05, 3.63) is 30.3 Å². The highest BCUT2D eigenvalue weighted by molar-refractivity contribution is 7.88. The standard InChI is InChI=1S/C13H22N2O3S/c1-12(11-18-13-7-5-4-6-8-13)14-9-10-15(2)19(3,16)17/h4-8,12,14H,9-11H2,1-3H3/t12-/m1/s1. The first kappa shape index (κ1) is 15.9. The van der Waals surface area contributed by atoms with E-state index in [0.717, 1.165) is 5.75 Å². The molecule has 1 rings (SSSR count). The first-order valence-electron chi connectivity index (χ1n) is 6.22. The van der Waals surface area contributed by atoms with Gasteiger partial charge in [0.05, 0.1) is 6.26 Å². The second kappa shape index (κ2) is 7.47. The minimum atomic E-state index is -3.09. The van der Waals surface area contributed by atoms with Gasteiger partial charge in [-0.3, -0.25) is 0 Å². The molecule has 19 heavy (non-hydrogen) atoms. The van der Waals surface area contributed by atoms with Gasteiger partial charge in [-0.1, -0.05) is 18.2 Å². The zero-order valence-corrected chi connectivity index (χ0v) is 12.5. The number of nitrogens with zero attached hydrogens (tertiary/aromatic N) is 1. The Labute approximate surface area is 115 Å². The first-order chi connectivity index (χ1) is 8.89. The van der Waals surface area contributed by atoms with E-state index in [1.165, 1.54) is 10.6 Å². The molecule has 0 fully saturated rings. The van der Waals surface area contributed by atoms with E-state index in [4.69, 9.17) is 4.74 Å². The van der Waals surface area contributed by atoms with Crippen LogP contribution < -0.4 is 10.1 Å². The molecule has 0 aliphatic carbocycles. The van der Waals surface area contributed by atoms with Gasteiger partial charge in [0, 0.05) is 26.2 Å². The summed E-state index contributed by atoms with van der Waals surface area (Å²) in [4.78, 5) is 0. The maximum Gasteiger partial charge on any atom is 0.210 e. The molecule has 0 unspecified atom stereocenters. The predicted molar refractivity (Wildman–Crippen MR) is 76.9 cm³/mol. The Morgan fingerprint density at radius 2 is 1.95 bits per heavy atom. The van der Waals surface area contributed by atoms with Crippen LogP contribution >= 0.6 is 0 Å². The van der Waals surface area contributed by atoms with Crippen LogP contribution in [0.1, 0.15) is 6.92 Å². The van der Waals surface area contributed by atoms with Crippen LogP contribution in [-0.2, 0) is 10.0 Å². The van der Waals surface area contributed by atoms with Crippen LogP contribution in [0.2, 0.25) is 0 Å². The minimum Gasteiger partial charge on any atom is -0.492 e. The van der Waals surface area contributed by atoms with Crippen molar-refractivity contribution in [3.8, 4) is 5.75 Å². The highest BCUT2D eigenvalue weighted by atomic mass is 32.2. The third kappa shape index (κ3) is 6.56. The van der Waals surface area contributed by atoms with Gasteiger partial charge in [0.2, 0.25) is 10.0 Å². The lowest BCUT2D eigenvalue weighted by molar-refractivity contribution is 0.271. The van der Waals surface area contributed by atoms with Crippen LogP contribution in [0.3, 0.4) is 0 Å². The van der Waals surface area contributed by atoms with Gasteiger partial charge in [0.1, 0.15) is 12.4 Å². The molecule has 6 heteroatoms. The smallest absolute Gasteiger partial charge is 0.210 e. The van der Waals surface area contributed by atoms with Crippen LogP contribution in [0.5, 0.6) is 5.75 Å². The van der Waals surface area contributed by atoms with E-state index < -0.39 is 10.0 Å². The average Bonchev–Trinajstić information content (AvgIpc) is 2.36. The number of nitrogens with one attached hydrogen (secondary N) is 1. The monoisotopic (exact) mass is 286 g/mol. The Morgan fingerprint density at radius 3 is 2.53 bits per heavy atom. The topological polar surface area (TPSA) is 58.6 Å². The Morgan fingerprint density at radius 1 is 1.32 bits per heavy atom. The molecule has 0 amide bonds. The van der Waals surface area contributed by atoms with Crippen LogP contribution in [-0.4, -0.2) is 51.8 Å². The van der Waals surface area contributed by atoms with Crippen LogP contribution in [0.15, 0.2) is 30.3 Å². The van der Waals surface area contributed by atoms with E-state index in [0.29, 0.717) is 19.7 Å². The molecule has 0 aliphatic rings. The summed E-state index contributed by atoms with van der Waals surface area (Å²) in [6, 6.07) is 9.76. The fourth-order valence-electron chi connectivity index (χ4n) is 1.43. The lowest BCUT2D eigenvalue weighted by atomic mass is 10.3. The molecule has 1 aromatic carbocycles. The maximum atomic E-state index is 11.2. The summed E-state index contributed by atoms with van der Waals surface area (Å²) < 4.78 is 29.3. The second-order valence-corrected chi connectivity index (χ2v) is 6.65. The zero-order valence-electron chi connectivity index (χ0n) is 11.7. The fraction of sp³-hybridized carbons (Fsp3) is 0.538. The number of likely N-dealkylation sites (N-methyl/N-ethyl adjacent to an activating group) is 1. The van der Waals surface area contributed by atoms with Gasteiger partial charge in [0.15, 0.2) is 0 Å². The summed E-state index contributed by atoms with van der Waals surface area (Å²) in [5.74, 6) is 0.837. The van der Waals surface area contributed by atoms with Crippen molar-refractivity contribution in [2.24, 2.45) is 0 Å². The number of hydrogen-bond donors (Lipinski definition) is 1. The van der Waals surface area contributed by atoms with Gasteiger partial charge in [-0.25, -0.2) is 12.7 Å². The fourth-order valence-corrected chi connectivity index (χ4v) is 1.85. The van der Waals surface area contributed by atoms with Gasteiger partial charge in [-0.15, -0.1) is 0 Å². The van der Waals surface area contributed by atoms with Crippen LogP contribution in [0.25, 0.3) is 0 Å². The van der Waals surface area contributed by atoms with Crippen LogP contribution in [0.4, 0.5) is 0 Å². The van der Waals surface area contributed by atoms with Gasteiger partial charge >= 0.3 is 0 Å². The summed E-state index contributed by atoms with van der Waals surface area (Å²) in [7, 11) is -1.52. The van der Waals surface area contributed by atoms with Crippen molar-refractivity contribution in [1.82, 2.24) is 9.62 Å². The molecule has 0 aromatic heterocycles. The van der Waals surface area contributed by atoms with E-state index in [-0.39, 0.29) is 6.04 Å². The van der Waals surface area contributed by atoms with E-state index >= 15 is 0 Å². The Bertz CT molecular complexity index is 462. The van der Waals surface area contributed by atoms with E-state index in [2.05, 4.69) is 5.32 Å². The SMILES string of the molecule is C[C@H](COc1ccccc1)NCCN(C)S(C)(=O)=O. The average molecular weight is 286 g/mol. The van der Waals surface area contributed by atoms with Crippen molar-refractivity contribution >= 4 is 10.0 Å². The molecule has 0 heterocycles. The lowest BCUT2D eigenvalue weighted by Gasteiger charge is -2.18. The maximum absolute atomic E-state index is 11.2. The molecule has 0 saturated carbocycles. The van der Waals surface area contributed by atoms with Crippen molar-refractivity contribution in [1.29, 1.82) is 0 Å². The minimum absolute atomic E-state index is 0.160. The van der Waals surface area contributed by atoms with Crippen molar-refractivity contribution in [3.63, 3.8) is 0 Å². The molecular formula is C13H22N2O3S. The van der Waals surface area contributed by atoms with Gasteiger partial charge < -0.3 is 10.1 Å². The number of para-hydroxylation sites is 1. The summed E-state index contributed by atoms with van der Waals surface area (Å²) in [5, 5.41) is 3.22. The summed E-state index contributed by atoms with van der Waals surface area (Å²) in [5.41, 5.74) is 0. The largest absolute Gasteiger partial charge is 0.492 e. The first-order valence-corrected chi connectivity index (χ1v) is 8.07. The van der Waals surface area contributed by atoms with Crippen molar-refractivity contribution in [2.75, 3.05) is 33.0 Å². The Balaban J connectivity index is 2.20. The van der Waals surface area contributed by atoms with Crippen molar-refractivity contribution in [2.45, 2.75) is 13.0 Å². The Hall–Kier alpha value is -1.11. The molecule has 5 nitrogen and oxygen atoms in total. The van der Waals surface area contributed by atoms with Crippen LogP contribution in [0, 0.1) is 0 Å². The summed E-state index contributed by atoms with van der Waals surface area (Å²) >= 11 is 0. The third-order valence-corrected chi connectivity index (χ3v) is 4.04. The number of benzene rings is 1. The molecule has 1 N–H and O–H groups in total. The van der Waals surface area contributed by atoms with Gasteiger partial charge in [-0.05, 0) is 19.1 Å². The van der Waals surface area contributed by atoms with E-state index in [9.17, 15) is 8.42 Å². The quantitative estimate of drug-likeness (QED) is 0.772. The van der Waals surface area contributed by atoms with E-state index in [1.807, 2.05) is 37.3 Å². The lowest BCUT2D eigenvalue weighted by Crippen LogP contribution is -2.38. The molecule has 108 valence electrons. The highest BCUT2D eigenvalue weighted by Gasteiger charge is 2.10. The number of sulfonamides is 1. The molecule has 1 atom stereocenters. The highest BCUT2D eigenvalue weighted by Crippen LogP contribution is 2.08. The van der Waals surface area contributed by atoms with E-state index in [1.54, 1.807) is 7.05 Å². The number of hydrogen-bond acceptors (Lipinski definition) is 4. The normalized spacial score (nSPS) is 13.5. The predicted octanol–water partition coefficient (Wildman–Crippen LogP) is 0.935. The van der Waals surface area contributed by atoms with Gasteiger partial charge in [-0.2, -0.15) is 0 Å². The molecule has 0 spiro atoms. The molecule has 0 bridgehead atoms. The summed E-state index contributed by atoms with van der Waals surface area (Å²) in [6.07, 6.45) is 1.20. The molecule has 0 radical (unpaired) electrons. The zero-order chi connectivity index (χ0) is 14.3. The number of rotatable bonds is 8. The molecule has 0 aliphatic heterocycles. The molecular weight excluding hydrogens is 264 g/mol. The number of ether oxygens (including phenoxy) is 1. The Kier molecular flexibility index (Phi) is 6.27. The summed E-state index contributed by atoms with van der Waals surface area (Å²) in [6.45, 7) is 3.60. The molecule has 1 aromatic rings. The van der Waals surface area contributed by atoms with Gasteiger partial charge in [0.25, 0.3) is 0 Å². The second-order valence-electron chi connectivity index (χ2n) is 4.56. The third-order valence-electron chi connectivity index (χ3n) is 2.73.